The van der Waals surface area contributed by atoms with Crippen molar-refractivity contribution in [2.45, 2.75) is 191 Å². The topological polar surface area (TPSA) is 263 Å². The van der Waals surface area contributed by atoms with Crippen LogP contribution in [0.4, 0.5) is 0 Å². The van der Waals surface area contributed by atoms with Gasteiger partial charge in [0.15, 0.2) is 0 Å². The Morgan fingerprint density at radius 2 is 0.567 bits per heavy atom. The first kappa shape index (κ1) is 94.0. The van der Waals surface area contributed by atoms with Gasteiger partial charge in [-0.2, -0.15) is 0 Å². The smallest absolute Gasteiger partial charge is 0.433 e. The molecule has 0 aliphatic heterocycles. The second-order valence-corrected chi connectivity index (χ2v) is 41.8. The Morgan fingerprint density at radius 1 is 0.403 bits per heavy atom. The molecule has 424 valence electrons. The Kier molecular flexibility index (Phi) is 64.1. The molecule has 0 bridgehead atoms. The van der Waals surface area contributed by atoms with Crippen molar-refractivity contribution in [3.05, 3.63) is 0 Å². The summed E-state index contributed by atoms with van der Waals surface area (Å²) >= 11 is 0. The lowest BCUT2D eigenvalue weighted by atomic mass is 10.7. The van der Waals surface area contributed by atoms with Crippen LogP contribution < -0.4 is 5.32 Å². The molecule has 0 heterocycles. The van der Waals surface area contributed by atoms with E-state index in [0.29, 0.717) is 0 Å². The molecule has 0 aromatic carbocycles. The van der Waals surface area contributed by atoms with Gasteiger partial charge in [-0.05, 0) is 157 Å². The standard InChI is InChI=1S/C12H32N2OSi2.2C6H18NO4PSi.C6H17NOSi.C4H11N.C2H8O2Si.4CH4.H2O/c1-9-13(10-2)16(5,6)15-17(7,8)14(11-3)12-4;2*1-5-7(6-2)13(3,4)11-12(8,9)10;1-5-7(6-2)9(3,4)8;1-3-5-4-2;1-5(2,3)4;;;;;/h9-12H2,1-8H3;2*5-6H2,1-4H3,(H2,8,9,10);8H,5-6H2,1-4H3;5H,3-4H2,1-2H3;3-4H,1-2H3;4*1H4;1H2/p+1. The summed E-state index contributed by atoms with van der Waals surface area (Å²) in [4.78, 5) is 60.7. The Balaban J connectivity index is -0.0000000567. The van der Waals surface area contributed by atoms with E-state index in [9.17, 15) is 13.9 Å². The summed E-state index contributed by atoms with van der Waals surface area (Å²) < 4.78 is 48.7. The van der Waals surface area contributed by atoms with E-state index in [0.717, 1.165) is 78.5 Å². The van der Waals surface area contributed by atoms with Gasteiger partial charge in [-0.1, -0.05) is 113 Å². The van der Waals surface area contributed by atoms with Gasteiger partial charge in [0.1, 0.15) is 0 Å². The Morgan fingerprint density at radius 3 is 0.657 bits per heavy atom. The lowest BCUT2D eigenvalue weighted by Gasteiger charge is -2.44. The second kappa shape index (κ2) is 45.7. The van der Waals surface area contributed by atoms with E-state index < -0.39 is 66.6 Å². The van der Waals surface area contributed by atoms with E-state index in [4.69, 9.17) is 41.7 Å². The molecule has 0 unspecified atom stereocenters. The van der Waals surface area contributed by atoms with Crippen LogP contribution in [-0.2, 0) is 21.7 Å². The molecule has 10 N–H and O–H groups in total. The molecule has 0 amide bonds. The quantitative estimate of drug-likeness (QED) is 0.0352. The summed E-state index contributed by atoms with van der Waals surface area (Å²) in [7, 11) is -21.5. The van der Waals surface area contributed by atoms with Crippen LogP contribution in [-0.4, -0.2) is 192 Å². The fourth-order valence-corrected chi connectivity index (χ4v) is 25.8. The molecular weight excluding hydrogens is 1000 g/mol. The van der Waals surface area contributed by atoms with E-state index >= 15 is 0 Å². The lowest BCUT2D eigenvalue weighted by molar-refractivity contribution is 0.255. The van der Waals surface area contributed by atoms with E-state index in [-0.39, 0.29) is 36.6 Å². The number of nitrogens with one attached hydrogen (secondary N) is 1. The molecule has 0 fully saturated rings. The van der Waals surface area contributed by atoms with Gasteiger partial charge in [0.05, 0.1) is 0 Å². The average Bonchev–Trinajstić information content (AvgIpc) is 3.04. The molecule has 19 nitrogen and oxygen atoms in total. The summed E-state index contributed by atoms with van der Waals surface area (Å²) in [6, 6.07) is 0. The van der Waals surface area contributed by atoms with Crippen LogP contribution >= 0.6 is 15.6 Å². The summed E-state index contributed by atoms with van der Waals surface area (Å²) in [5.41, 5.74) is 0. The van der Waals surface area contributed by atoms with Crippen LogP contribution in [0.15, 0.2) is 0 Å². The zero-order valence-corrected chi connectivity index (χ0v) is 52.6. The summed E-state index contributed by atoms with van der Waals surface area (Å²) in [6.07, 6.45) is 0. The molecule has 0 saturated heterocycles. The summed E-state index contributed by atoms with van der Waals surface area (Å²) in [5.74, 6) is 0. The van der Waals surface area contributed by atoms with Gasteiger partial charge >= 0.3 is 25.6 Å². The monoisotopic (exact) mass is 1130 g/mol. The highest BCUT2D eigenvalue weighted by Crippen LogP contribution is 2.41. The van der Waals surface area contributed by atoms with Gasteiger partial charge < -0.3 is 80.1 Å². The zero-order chi connectivity index (χ0) is 51.2. The molecule has 0 radical (unpaired) electrons. The van der Waals surface area contributed by atoms with Crippen LogP contribution in [0, 0.1) is 0 Å². The Bertz CT molecular complexity index is 1090. The molecule has 0 atom stereocenters. The third-order valence-corrected chi connectivity index (χ3v) is 29.6. The molecule has 0 aliphatic rings. The normalized spacial score (nSPS) is 12.1. The van der Waals surface area contributed by atoms with Crippen molar-refractivity contribution in [2.24, 2.45) is 0 Å². The maximum atomic E-state index is 10.7. The first-order valence-electron chi connectivity index (χ1n) is 22.5. The molecule has 0 aromatic rings. The summed E-state index contributed by atoms with van der Waals surface area (Å²) in [6.45, 7) is 59.7. The minimum absolute atomic E-state index is 0. The highest BCUT2D eigenvalue weighted by Gasteiger charge is 2.40. The molecular formula is C40H123N6O13P2Si6+. The zero-order valence-electron chi connectivity index (χ0n) is 45.8. The number of nitrogens with zero attached hydrogens (tertiary/aromatic N) is 5. The molecule has 0 rings (SSSR count). The highest BCUT2D eigenvalue weighted by molar-refractivity contribution is 7.48. The van der Waals surface area contributed by atoms with E-state index in [1.807, 2.05) is 49.9 Å². The maximum absolute atomic E-state index is 10.7. The molecule has 27 heteroatoms. The van der Waals surface area contributed by atoms with Gasteiger partial charge in [-0.3, -0.25) is 0 Å². The molecule has 67 heavy (non-hydrogen) atoms. The lowest BCUT2D eigenvalue weighted by Crippen LogP contribution is -2.62. The van der Waals surface area contributed by atoms with Crippen LogP contribution in [0.2, 0.25) is 78.6 Å². The van der Waals surface area contributed by atoms with Gasteiger partial charge in [-0.25, -0.2) is 9.13 Å². The van der Waals surface area contributed by atoms with Crippen LogP contribution in [0.3, 0.4) is 0 Å². The van der Waals surface area contributed by atoms with Crippen molar-refractivity contribution < 1.29 is 62.5 Å². The SMILES string of the molecule is C.C.C.C.CCN(CC)[Si](C)(C)O.CCN(CC)[Si](C)(C)OP(=O)(O)O.CCN(CC)[Si](C)(C)OP(=O)(O)O.CCN(CC)[Si](C)(C)O[Si](C)(C)N(CC)CC.CCNCC.C[Si](C)(O)O.O.[H+]. The highest BCUT2D eigenvalue weighted by atomic mass is 31.2. The predicted molar refractivity (Wildman–Crippen MR) is 309 cm³/mol. The number of phosphoric acid groups is 2. The third-order valence-electron chi connectivity index (χ3n) is 9.32. The molecule has 0 aromatic heterocycles. The number of hydrogen-bond donors (Lipinski definition) is 8. The van der Waals surface area contributed by atoms with E-state index in [1.165, 1.54) is 13.1 Å². The van der Waals surface area contributed by atoms with Gasteiger partial charge in [0.25, 0.3) is 42.4 Å². The van der Waals surface area contributed by atoms with Gasteiger partial charge in [0, 0.05) is 0 Å². The van der Waals surface area contributed by atoms with Crippen molar-refractivity contribution >= 4 is 66.6 Å². The Hall–Kier alpha value is 1.08. The summed E-state index contributed by atoms with van der Waals surface area (Å²) in [5, 5.41) is 3.11. The van der Waals surface area contributed by atoms with Gasteiger partial charge in [0.2, 0.25) is 0 Å². The maximum Gasteiger partial charge on any atom is 1.00 e. The molecule has 0 spiro atoms. The van der Waals surface area contributed by atoms with Crippen molar-refractivity contribution in [3.8, 4) is 0 Å². The minimum Gasteiger partial charge on any atom is -0.433 e. The molecule has 0 saturated carbocycles. The van der Waals surface area contributed by atoms with Crippen LogP contribution in [0.5, 0.6) is 0 Å². The largest absolute Gasteiger partial charge is 1.00 e. The van der Waals surface area contributed by atoms with E-state index in [2.05, 4.69) is 101 Å². The van der Waals surface area contributed by atoms with Crippen LogP contribution in [0.25, 0.3) is 0 Å². The minimum atomic E-state index is -4.35. The average molecular weight is 1130 g/mol. The fraction of sp³-hybridized carbons (Fsp3) is 1.00. The van der Waals surface area contributed by atoms with Crippen molar-refractivity contribution in [1.82, 2.24) is 28.1 Å². The first-order valence-corrected chi connectivity index (χ1v) is 42.8. The predicted octanol–water partition coefficient (Wildman–Crippen LogP) is 8.51. The Labute approximate surface area is 425 Å². The van der Waals surface area contributed by atoms with Crippen molar-refractivity contribution in [2.75, 3.05) is 78.5 Å². The van der Waals surface area contributed by atoms with Crippen LogP contribution in [0.1, 0.15) is 114 Å². The second-order valence-electron chi connectivity index (χ2n) is 16.9. The number of rotatable bonds is 23. The van der Waals surface area contributed by atoms with Gasteiger partial charge in [-0.15, -0.1) is 0 Å². The third kappa shape index (κ3) is 56.2. The molecule has 0 aliphatic carbocycles. The van der Waals surface area contributed by atoms with Crippen molar-refractivity contribution in [3.63, 3.8) is 0 Å². The fourth-order valence-electron chi connectivity index (χ4n) is 6.63. The first-order chi connectivity index (χ1) is 27.6. The van der Waals surface area contributed by atoms with E-state index in [1.54, 1.807) is 26.2 Å². The number of hydrogen-bond acceptors (Lipinski definition) is 14. The van der Waals surface area contributed by atoms with Crippen molar-refractivity contribution in [1.29, 1.82) is 0 Å².